The van der Waals surface area contributed by atoms with Crippen molar-refractivity contribution in [1.82, 2.24) is 9.80 Å². The summed E-state index contributed by atoms with van der Waals surface area (Å²) < 4.78 is 13.9. The van der Waals surface area contributed by atoms with Crippen LogP contribution < -0.4 is 5.32 Å². The highest BCUT2D eigenvalue weighted by atomic mass is 19.1. The van der Waals surface area contributed by atoms with Crippen LogP contribution in [0.4, 0.5) is 10.1 Å². The number of hydrogen-bond acceptors (Lipinski definition) is 4. The smallest absolute Gasteiger partial charge is 0.241 e. The number of amides is 1. The van der Waals surface area contributed by atoms with Gasteiger partial charge in [0.15, 0.2) is 0 Å². The number of allylic oxidation sites excluding steroid dienone is 2. The molecule has 0 aliphatic rings. The van der Waals surface area contributed by atoms with Gasteiger partial charge < -0.3 is 10.2 Å². The van der Waals surface area contributed by atoms with Crippen molar-refractivity contribution in [3.05, 3.63) is 54.4 Å². The van der Waals surface area contributed by atoms with E-state index in [9.17, 15) is 9.18 Å². The van der Waals surface area contributed by atoms with Crippen LogP contribution in [0.15, 0.2) is 59.4 Å². The topological polar surface area (TPSA) is 47.9 Å². The molecule has 0 heterocycles. The van der Waals surface area contributed by atoms with Crippen molar-refractivity contribution in [3.8, 4) is 12.3 Å². The first-order valence-electron chi connectivity index (χ1n) is 10.1. The predicted octanol–water partition coefficient (Wildman–Crippen LogP) is 3.63. The first kappa shape index (κ1) is 25.3. The second kappa shape index (κ2) is 14.3. The van der Waals surface area contributed by atoms with E-state index in [4.69, 9.17) is 6.42 Å². The van der Waals surface area contributed by atoms with E-state index in [0.29, 0.717) is 6.54 Å². The molecule has 2 unspecified atom stereocenters. The largest absolute Gasteiger partial charge is 0.325 e. The summed E-state index contributed by atoms with van der Waals surface area (Å²) in [6.45, 7) is 6.44. The third-order valence-electron chi connectivity index (χ3n) is 4.61. The van der Waals surface area contributed by atoms with Gasteiger partial charge in [0.25, 0.3) is 0 Å². The van der Waals surface area contributed by atoms with E-state index in [1.54, 1.807) is 12.2 Å². The summed E-state index contributed by atoms with van der Waals surface area (Å²) in [7, 11) is 3.93. The quantitative estimate of drug-likeness (QED) is 0.324. The average molecular weight is 413 g/mol. The van der Waals surface area contributed by atoms with Gasteiger partial charge in [-0.05, 0) is 51.2 Å². The van der Waals surface area contributed by atoms with Crippen LogP contribution in [-0.4, -0.2) is 68.2 Å². The van der Waals surface area contributed by atoms with Gasteiger partial charge in [-0.15, -0.1) is 6.42 Å². The molecule has 1 N–H and O–H groups in total. The van der Waals surface area contributed by atoms with Crippen LogP contribution in [0, 0.1) is 18.3 Å². The SMILES string of the molecule is C#CC=NC/C=C\C(F)=C/C(C)CN(C)CCN(C)C(C)C(=O)Nc1ccccc1. The molecule has 0 aliphatic carbocycles. The lowest BCUT2D eigenvalue weighted by Gasteiger charge is -2.27. The Bertz CT molecular complexity index is 767. The number of anilines is 1. The molecule has 1 aromatic rings. The summed E-state index contributed by atoms with van der Waals surface area (Å²) in [6, 6.07) is 9.17. The number of hydrogen-bond donors (Lipinski definition) is 1. The van der Waals surface area contributed by atoms with E-state index in [1.165, 1.54) is 12.3 Å². The zero-order valence-electron chi connectivity index (χ0n) is 18.4. The van der Waals surface area contributed by atoms with Crippen LogP contribution in [0.3, 0.4) is 0 Å². The molecule has 0 saturated heterocycles. The summed E-state index contributed by atoms with van der Waals surface area (Å²) in [5, 5.41) is 2.92. The molecule has 0 spiro atoms. The number of rotatable bonds is 12. The van der Waals surface area contributed by atoms with Crippen LogP contribution in [0.25, 0.3) is 0 Å². The molecule has 2 atom stereocenters. The number of benzene rings is 1. The highest BCUT2D eigenvalue weighted by molar-refractivity contribution is 5.94. The first-order valence-corrected chi connectivity index (χ1v) is 10.1. The molecule has 0 aromatic heterocycles. The molecule has 1 aromatic carbocycles. The number of carbonyl (C=O) groups is 1. The molecule has 0 saturated carbocycles. The van der Waals surface area contributed by atoms with Crippen LogP contribution in [0.1, 0.15) is 13.8 Å². The monoisotopic (exact) mass is 412 g/mol. The second-order valence-electron chi connectivity index (χ2n) is 7.37. The molecule has 0 bridgehead atoms. The Kier molecular flexibility index (Phi) is 12.0. The minimum atomic E-state index is -0.282. The van der Waals surface area contributed by atoms with E-state index in [2.05, 4.69) is 21.1 Å². The number of nitrogens with one attached hydrogen (secondary N) is 1. The highest BCUT2D eigenvalue weighted by Crippen LogP contribution is 2.09. The standard InChI is InChI=1S/C24H33FN4O/c1-6-14-26-15-10-11-22(25)18-20(2)19-28(4)16-17-29(5)21(3)24(30)27-23-12-8-7-9-13-23/h1,7-14,18,20-21H,15-17,19H2,2-5H3,(H,27,30)/b11-10-,22-18+,26-14?. The zero-order valence-corrected chi connectivity index (χ0v) is 18.4. The maximum Gasteiger partial charge on any atom is 0.241 e. The Morgan fingerprint density at radius 2 is 1.97 bits per heavy atom. The Balaban J connectivity index is 2.38. The van der Waals surface area contributed by atoms with Gasteiger partial charge >= 0.3 is 0 Å². The maximum atomic E-state index is 13.9. The zero-order chi connectivity index (χ0) is 22.4. The summed E-state index contributed by atoms with van der Waals surface area (Å²) in [5.41, 5.74) is 0.791. The van der Waals surface area contributed by atoms with Gasteiger partial charge in [-0.1, -0.05) is 37.1 Å². The molecule has 162 valence electrons. The van der Waals surface area contributed by atoms with Crippen molar-refractivity contribution in [1.29, 1.82) is 0 Å². The van der Waals surface area contributed by atoms with Crippen molar-refractivity contribution in [2.45, 2.75) is 19.9 Å². The number of carbonyl (C=O) groups excluding carboxylic acids is 1. The molecule has 0 radical (unpaired) electrons. The third-order valence-corrected chi connectivity index (χ3v) is 4.61. The van der Waals surface area contributed by atoms with Crippen molar-refractivity contribution in [2.75, 3.05) is 45.6 Å². The molecule has 30 heavy (non-hydrogen) atoms. The van der Waals surface area contributed by atoms with E-state index < -0.39 is 0 Å². The fourth-order valence-electron chi connectivity index (χ4n) is 2.78. The predicted molar refractivity (Wildman–Crippen MR) is 124 cm³/mol. The van der Waals surface area contributed by atoms with Crippen molar-refractivity contribution >= 4 is 17.8 Å². The van der Waals surface area contributed by atoms with E-state index in [0.717, 1.165) is 25.3 Å². The molecule has 6 heteroatoms. The summed E-state index contributed by atoms with van der Waals surface area (Å²) in [4.78, 5) is 20.4. The van der Waals surface area contributed by atoms with Crippen LogP contribution in [0.5, 0.6) is 0 Å². The molecule has 1 rings (SSSR count). The van der Waals surface area contributed by atoms with Crippen LogP contribution >= 0.6 is 0 Å². The Labute approximate surface area is 180 Å². The van der Waals surface area contributed by atoms with E-state index in [-0.39, 0.29) is 23.7 Å². The van der Waals surface area contributed by atoms with Gasteiger partial charge in [0.05, 0.1) is 18.8 Å². The summed E-state index contributed by atoms with van der Waals surface area (Å²) in [6.07, 6.45) is 11.0. The molecule has 0 fully saturated rings. The number of terminal acetylenes is 1. The fourth-order valence-corrected chi connectivity index (χ4v) is 2.78. The minimum Gasteiger partial charge on any atom is -0.325 e. The maximum absolute atomic E-state index is 13.9. The van der Waals surface area contributed by atoms with Crippen molar-refractivity contribution < 1.29 is 9.18 Å². The number of nitrogens with zero attached hydrogens (tertiary/aromatic N) is 3. The third kappa shape index (κ3) is 10.7. The minimum absolute atomic E-state index is 0.0388. The van der Waals surface area contributed by atoms with Gasteiger partial charge in [0.1, 0.15) is 5.83 Å². The Morgan fingerprint density at radius 1 is 1.27 bits per heavy atom. The van der Waals surface area contributed by atoms with Crippen molar-refractivity contribution in [2.24, 2.45) is 10.9 Å². The molecular weight excluding hydrogens is 379 g/mol. The lowest BCUT2D eigenvalue weighted by atomic mass is 10.1. The van der Waals surface area contributed by atoms with Crippen molar-refractivity contribution in [3.63, 3.8) is 0 Å². The highest BCUT2D eigenvalue weighted by Gasteiger charge is 2.18. The van der Waals surface area contributed by atoms with Crippen LogP contribution in [0.2, 0.25) is 0 Å². The molecule has 0 aliphatic heterocycles. The van der Waals surface area contributed by atoms with Gasteiger partial charge in [0, 0.05) is 25.3 Å². The molecular formula is C24H33FN4O. The van der Waals surface area contributed by atoms with Gasteiger partial charge in [-0.3, -0.25) is 14.7 Å². The lowest BCUT2D eigenvalue weighted by Crippen LogP contribution is -2.43. The Hall–Kier alpha value is -2.75. The number of halogens is 1. The summed E-state index contributed by atoms with van der Waals surface area (Å²) >= 11 is 0. The summed E-state index contributed by atoms with van der Waals surface area (Å²) in [5.74, 6) is 2.02. The number of aliphatic imine (C=N–C) groups is 1. The second-order valence-corrected chi connectivity index (χ2v) is 7.37. The molecule has 5 nitrogen and oxygen atoms in total. The normalized spacial score (nSPS) is 14.4. The molecule has 1 amide bonds. The van der Waals surface area contributed by atoms with Gasteiger partial charge in [0.2, 0.25) is 5.91 Å². The Morgan fingerprint density at radius 3 is 2.63 bits per heavy atom. The lowest BCUT2D eigenvalue weighted by molar-refractivity contribution is -0.120. The fraction of sp³-hybridized carbons (Fsp3) is 0.417. The number of likely N-dealkylation sites (N-methyl/N-ethyl adjacent to an activating group) is 2. The van der Waals surface area contributed by atoms with E-state index in [1.807, 2.05) is 63.2 Å². The van der Waals surface area contributed by atoms with E-state index >= 15 is 0 Å². The van der Waals surface area contributed by atoms with Crippen LogP contribution in [-0.2, 0) is 4.79 Å². The number of para-hydroxylation sites is 1. The van der Waals surface area contributed by atoms with Gasteiger partial charge in [-0.25, -0.2) is 4.39 Å². The first-order chi connectivity index (χ1) is 14.3. The van der Waals surface area contributed by atoms with Gasteiger partial charge in [-0.2, -0.15) is 0 Å². The average Bonchev–Trinajstić information content (AvgIpc) is 2.71.